The molecule has 2 heterocycles. The summed E-state index contributed by atoms with van der Waals surface area (Å²) >= 11 is 1.63. The molecule has 2 aromatic rings. The minimum atomic E-state index is -0.440. The predicted molar refractivity (Wildman–Crippen MR) is 168 cm³/mol. The van der Waals surface area contributed by atoms with E-state index in [1.165, 1.54) is 37.7 Å². The molecule has 1 aromatic heterocycles. The molecule has 0 spiro atoms. The van der Waals surface area contributed by atoms with Gasteiger partial charge >= 0.3 is 0 Å². The first-order valence-electron chi connectivity index (χ1n) is 16.1. The number of likely N-dealkylation sites (tertiary alicyclic amines) is 1. The number of thiazole rings is 1. The summed E-state index contributed by atoms with van der Waals surface area (Å²) in [5, 5.41) is 4.25. The third-order valence-electron chi connectivity index (χ3n) is 8.81. The molecule has 6 nitrogen and oxygen atoms in total. The molecule has 2 atom stereocenters. The molecule has 2 aliphatic rings. The Balaban J connectivity index is 1.40. The number of fused-ring (bicyclic) bond motifs is 1. The third kappa shape index (κ3) is 9.85. The summed E-state index contributed by atoms with van der Waals surface area (Å²) in [4.78, 5) is 46.5. The molecule has 0 radical (unpaired) electrons. The van der Waals surface area contributed by atoms with Crippen LogP contribution in [0.3, 0.4) is 0 Å². The van der Waals surface area contributed by atoms with Crippen LogP contribution >= 0.6 is 11.3 Å². The van der Waals surface area contributed by atoms with E-state index >= 15 is 0 Å². The van der Waals surface area contributed by atoms with Crippen LogP contribution in [0.2, 0.25) is 0 Å². The zero-order valence-corrected chi connectivity index (χ0v) is 26.0. The van der Waals surface area contributed by atoms with Gasteiger partial charge < -0.3 is 5.32 Å². The second-order valence-electron chi connectivity index (χ2n) is 12.1. The van der Waals surface area contributed by atoms with Crippen molar-refractivity contribution in [2.75, 3.05) is 19.6 Å². The maximum Gasteiger partial charge on any atom is 0.224 e. The summed E-state index contributed by atoms with van der Waals surface area (Å²) in [5.74, 6) is 0.159. The van der Waals surface area contributed by atoms with E-state index in [2.05, 4.69) is 35.3 Å². The average Bonchev–Trinajstić information content (AvgIpc) is 3.65. The number of carbonyl (C=O) groups excluding carboxylic acids is 3. The van der Waals surface area contributed by atoms with Gasteiger partial charge in [0.05, 0.1) is 21.1 Å². The van der Waals surface area contributed by atoms with Gasteiger partial charge in [0.25, 0.3) is 0 Å². The Morgan fingerprint density at radius 3 is 2.59 bits per heavy atom. The molecule has 224 valence electrons. The first-order valence-corrected chi connectivity index (χ1v) is 16.9. The number of rotatable bonds is 16. The minimum Gasteiger partial charge on any atom is -0.353 e. The SMILES string of the molecule is CCCC(=O)C[C@@H](Cc1nc2ccc(CC)cc2s1)C(=O)N[C@H](CCC(=O)/C=C/CN1CCCCC1)C1CCCC1. The van der Waals surface area contributed by atoms with E-state index in [1.807, 2.05) is 13.0 Å². The van der Waals surface area contributed by atoms with Crippen LogP contribution in [0, 0.1) is 11.8 Å². The summed E-state index contributed by atoms with van der Waals surface area (Å²) in [6.07, 6.45) is 16.1. The number of hydrogen-bond donors (Lipinski definition) is 1. The predicted octanol–water partition coefficient (Wildman–Crippen LogP) is 6.84. The van der Waals surface area contributed by atoms with Crippen molar-refractivity contribution in [1.82, 2.24) is 15.2 Å². The van der Waals surface area contributed by atoms with E-state index < -0.39 is 5.92 Å². The van der Waals surface area contributed by atoms with E-state index in [4.69, 9.17) is 4.98 Å². The lowest BCUT2D eigenvalue weighted by molar-refractivity contribution is -0.130. The number of Topliss-reactive ketones (excluding diaryl/α,β-unsaturated/α-hetero) is 1. The van der Waals surface area contributed by atoms with E-state index in [9.17, 15) is 14.4 Å². The Kier molecular flexibility index (Phi) is 12.6. The van der Waals surface area contributed by atoms with Gasteiger partial charge in [0.2, 0.25) is 5.91 Å². The fourth-order valence-electron chi connectivity index (χ4n) is 6.39. The molecular formula is C34H49N3O3S. The van der Waals surface area contributed by atoms with E-state index in [0.29, 0.717) is 31.6 Å². The smallest absolute Gasteiger partial charge is 0.224 e. The highest BCUT2D eigenvalue weighted by Crippen LogP contribution is 2.31. The van der Waals surface area contributed by atoms with E-state index in [-0.39, 0.29) is 29.9 Å². The second-order valence-corrected chi connectivity index (χ2v) is 13.2. The van der Waals surface area contributed by atoms with Crippen molar-refractivity contribution in [2.45, 2.75) is 110 Å². The van der Waals surface area contributed by atoms with Gasteiger partial charge in [-0.05, 0) is 87.7 Å². The molecule has 2 fully saturated rings. The number of benzene rings is 1. The molecule has 4 rings (SSSR count). The molecule has 1 aliphatic carbocycles. The van der Waals surface area contributed by atoms with Crippen LogP contribution in [0.25, 0.3) is 10.2 Å². The molecule has 1 aliphatic heterocycles. The number of allylic oxidation sites excluding steroid dienone is 1. The van der Waals surface area contributed by atoms with Crippen molar-refractivity contribution in [3.63, 3.8) is 0 Å². The Labute approximate surface area is 250 Å². The van der Waals surface area contributed by atoms with Gasteiger partial charge in [0.15, 0.2) is 5.78 Å². The molecular weight excluding hydrogens is 530 g/mol. The minimum absolute atomic E-state index is 0.0318. The number of nitrogens with one attached hydrogen (secondary N) is 1. The maximum absolute atomic E-state index is 13.8. The van der Waals surface area contributed by atoms with Crippen molar-refractivity contribution >= 4 is 39.0 Å². The fourth-order valence-corrected chi connectivity index (χ4v) is 7.50. The highest BCUT2D eigenvalue weighted by Gasteiger charge is 2.30. The lowest BCUT2D eigenvalue weighted by atomic mass is 9.91. The van der Waals surface area contributed by atoms with Gasteiger partial charge in [0.1, 0.15) is 5.78 Å². The summed E-state index contributed by atoms with van der Waals surface area (Å²) in [7, 11) is 0. The Bertz CT molecular complexity index is 1180. The first kappa shape index (κ1) is 31.6. The quantitative estimate of drug-likeness (QED) is 0.220. The zero-order valence-electron chi connectivity index (χ0n) is 25.2. The summed E-state index contributed by atoms with van der Waals surface area (Å²) < 4.78 is 1.13. The molecule has 1 saturated carbocycles. The van der Waals surface area contributed by atoms with Crippen LogP contribution in [0.5, 0.6) is 0 Å². The van der Waals surface area contributed by atoms with Crippen LogP contribution in [-0.4, -0.2) is 53.0 Å². The fraction of sp³-hybridized carbons (Fsp3) is 0.647. The monoisotopic (exact) mass is 579 g/mol. The number of aryl methyl sites for hydroxylation is 1. The van der Waals surface area contributed by atoms with Crippen molar-refractivity contribution in [1.29, 1.82) is 0 Å². The summed E-state index contributed by atoms with van der Waals surface area (Å²) in [6, 6.07) is 6.31. The van der Waals surface area contributed by atoms with Crippen LogP contribution in [0.1, 0.15) is 101 Å². The number of amides is 1. The zero-order chi connectivity index (χ0) is 29.0. The van der Waals surface area contributed by atoms with Gasteiger partial charge in [-0.15, -0.1) is 11.3 Å². The van der Waals surface area contributed by atoms with Crippen molar-refractivity contribution in [3.8, 4) is 0 Å². The molecule has 41 heavy (non-hydrogen) atoms. The molecule has 7 heteroatoms. The molecule has 1 aromatic carbocycles. The van der Waals surface area contributed by atoms with Gasteiger partial charge in [-0.1, -0.05) is 45.3 Å². The molecule has 1 saturated heterocycles. The average molecular weight is 580 g/mol. The molecule has 0 bridgehead atoms. The third-order valence-corrected chi connectivity index (χ3v) is 9.85. The number of ketones is 2. The molecule has 1 N–H and O–H groups in total. The van der Waals surface area contributed by atoms with E-state index in [1.54, 1.807) is 17.4 Å². The second kappa shape index (κ2) is 16.3. The van der Waals surface area contributed by atoms with Crippen molar-refractivity contribution in [2.24, 2.45) is 11.8 Å². The highest BCUT2D eigenvalue weighted by atomic mass is 32.1. The Morgan fingerprint density at radius 1 is 1.07 bits per heavy atom. The van der Waals surface area contributed by atoms with Gasteiger partial charge in [-0.25, -0.2) is 4.98 Å². The molecule has 0 unspecified atom stereocenters. The Morgan fingerprint density at radius 2 is 1.85 bits per heavy atom. The van der Waals surface area contributed by atoms with Crippen LogP contribution in [0.15, 0.2) is 30.4 Å². The maximum atomic E-state index is 13.8. The molecule has 1 amide bonds. The van der Waals surface area contributed by atoms with Crippen LogP contribution < -0.4 is 5.32 Å². The van der Waals surface area contributed by atoms with Gasteiger partial charge in [-0.3, -0.25) is 19.3 Å². The number of nitrogens with zero attached hydrogens (tertiary/aromatic N) is 2. The first-order chi connectivity index (χ1) is 19.9. The number of carbonyl (C=O) groups is 3. The topological polar surface area (TPSA) is 79.4 Å². The largest absolute Gasteiger partial charge is 0.353 e. The number of hydrogen-bond acceptors (Lipinski definition) is 6. The highest BCUT2D eigenvalue weighted by molar-refractivity contribution is 7.18. The van der Waals surface area contributed by atoms with Gasteiger partial charge in [0, 0.05) is 38.3 Å². The van der Waals surface area contributed by atoms with Crippen LogP contribution in [-0.2, 0) is 27.2 Å². The van der Waals surface area contributed by atoms with Crippen LogP contribution in [0.4, 0.5) is 0 Å². The number of piperidine rings is 1. The Hall–Kier alpha value is -2.38. The normalized spacial score (nSPS) is 18.2. The number of aromatic nitrogens is 1. The van der Waals surface area contributed by atoms with Crippen molar-refractivity contribution < 1.29 is 14.4 Å². The lowest BCUT2D eigenvalue weighted by Crippen LogP contribution is -2.44. The van der Waals surface area contributed by atoms with Gasteiger partial charge in [-0.2, -0.15) is 0 Å². The van der Waals surface area contributed by atoms with E-state index in [0.717, 1.165) is 60.5 Å². The lowest BCUT2D eigenvalue weighted by Gasteiger charge is -2.27. The summed E-state index contributed by atoms with van der Waals surface area (Å²) in [5.41, 5.74) is 2.23. The summed E-state index contributed by atoms with van der Waals surface area (Å²) in [6.45, 7) is 7.22. The standard InChI is InChI=1S/C34H49N3O3S/c1-3-11-29(39)23-27(24-33-35-31-17-15-25(4-2)22-32(31)41-33)34(40)36-30(26-12-6-7-13-26)18-16-28(38)14-10-21-37-19-8-5-9-20-37/h10,14-15,17,22,26-27,30H,3-9,11-13,16,18-21,23-24H2,1-2H3,(H,36,40)/b14-10+/t27-,30+/m0/s1. The van der Waals surface area contributed by atoms with Crippen molar-refractivity contribution in [3.05, 3.63) is 40.9 Å².